The first kappa shape index (κ1) is 20.7. The third kappa shape index (κ3) is 2.83. The molecule has 8 unspecified atom stereocenters. The van der Waals surface area contributed by atoms with E-state index in [1.165, 1.54) is 0 Å². The van der Waals surface area contributed by atoms with E-state index in [1.807, 2.05) is 0 Å². The Hall–Kier alpha value is -2.64. The van der Waals surface area contributed by atoms with Crippen LogP contribution in [0.3, 0.4) is 0 Å². The molecule has 1 aromatic rings. The Bertz CT molecular complexity index is 1050. The van der Waals surface area contributed by atoms with E-state index in [4.69, 9.17) is 0 Å². The van der Waals surface area contributed by atoms with E-state index in [2.05, 4.69) is 134 Å². The van der Waals surface area contributed by atoms with Crippen molar-refractivity contribution in [3.8, 4) is 0 Å². The quantitative estimate of drug-likeness (QED) is 0.421. The number of benzene rings is 1. The lowest BCUT2D eigenvalue weighted by molar-refractivity contribution is 0.461. The highest BCUT2D eigenvalue weighted by Gasteiger charge is 2.63. The van der Waals surface area contributed by atoms with Gasteiger partial charge in [-0.2, -0.15) is 0 Å². The smallest absolute Gasteiger partial charge is 0.0808 e. The summed E-state index contributed by atoms with van der Waals surface area (Å²) in [5.41, 5.74) is 1.41. The molecule has 0 nitrogen and oxygen atoms in total. The molecule has 0 heterocycles. The average molecular weight is 459 g/mol. The van der Waals surface area contributed by atoms with Crippen molar-refractivity contribution in [2.24, 2.45) is 47.3 Å². The second kappa shape index (κ2) is 7.95. The molecule has 1 heteroatoms. The third-order valence-corrected chi connectivity index (χ3v) is 16.1. The third-order valence-electron chi connectivity index (χ3n) is 10.2. The van der Waals surface area contributed by atoms with Crippen molar-refractivity contribution in [1.29, 1.82) is 0 Å². The van der Waals surface area contributed by atoms with Crippen LogP contribution in [0.15, 0.2) is 128 Å². The lowest BCUT2D eigenvalue weighted by Gasteiger charge is -2.48. The van der Waals surface area contributed by atoms with Gasteiger partial charge in [-0.1, -0.05) is 139 Å². The van der Waals surface area contributed by atoms with Gasteiger partial charge in [0, 0.05) is 0 Å². The predicted octanol–water partition coefficient (Wildman–Crippen LogP) is 7.17. The summed E-state index contributed by atoms with van der Waals surface area (Å²) in [6.45, 7) is 2.78. The van der Waals surface area contributed by atoms with Crippen LogP contribution < -0.4 is 5.19 Å². The summed E-state index contributed by atoms with van der Waals surface area (Å²) >= 11 is 0. The Morgan fingerprint density at radius 3 is 1.03 bits per heavy atom. The van der Waals surface area contributed by atoms with Gasteiger partial charge in [0.25, 0.3) is 0 Å². The standard InChI is InChI=1S/C33H34Si/c1-34(23-13-3-2-4-14-23,32-28-19-9-5-15-24(28)25-16-6-10-20-29(25)32)33-30-21-11-7-17-26(30)27-18-8-12-22-31(27)33/h2-22,24-33H,1H3. The van der Waals surface area contributed by atoms with Crippen molar-refractivity contribution in [2.75, 3.05) is 0 Å². The average Bonchev–Trinajstić information content (AvgIpc) is 3.43. The molecular weight excluding hydrogens is 424 g/mol. The SMILES string of the molecule is C[Si](c1ccccc1)(C1C2C=CC=CC2C2C=CC=CC21)C1C2C=CC=CC2C2C=CC=CC21. The summed E-state index contributed by atoms with van der Waals surface area (Å²) in [5, 5.41) is 1.67. The summed E-state index contributed by atoms with van der Waals surface area (Å²) in [7, 11) is -2.03. The maximum Gasteiger partial charge on any atom is 0.0921 e. The molecule has 7 rings (SSSR count). The van der Waals surface area contributed by atoms with Gasteiger partial charge >= 0.3 is 0 Å². The summed E-state index contributed by atoms with van der Waals surface area (Å²) in [5.74, 6) is 5.06. The highest BCUT2D eigenvalue weighted by atomic mass is 28.3. The molecule has 0 spiro atoms. The van der Waals surface area contributed by atoms with Crippen LogP contribution in [0.1, 0.15) is 0 Å². The molecule has 170 valence electrons. The minimum absolute atomic E-state index is 0.632. The van der Waals surface area contributed by atoms with Crippen molar-refractivity contribution < 1.29 is 0 Å². The molecule has 0 N–H and O–H groups in total. The molecule has 0 amide bonds. The van der Waals surface area contributed by atoms with E-state index < -0.39 is 8.07 Å². The van der Waals surface area contributed by atoms with Gasteiger partial charge in [-0.25, -0.2) is 0 Å². The van der Waals surface area contributed by atoms with E-state index >= 15 is 0 Å². The first-order valence-electron chi connectivity index (χ1n) is 13.2. The van der Waals surface area contributed by atoms with Crippen molar-refractivity contribution in [3.63, 3.8) is 0 Å². The second-order valence-electron chi connectivity index (χ2n) is 11.4. The first-order valence-corrected chi connectivity index (χ1v) is 15.9. The fourth-order valence-corrected chi connectivity index (χ4v) is 15.7. The normalized spacial score (nSPS) is 43.9. The maximum atomic E-state index is 2.78. The zero-order valence-electron chi connectivity index (χ0n) is 19.9. The van der Waals surface area contributed by atoms with Crippen molar-refractivity contribution in [3.05, 3.63) is 128 Å². The summed E-state index contributed by atoms with van der Waals surface area (Å²) in [6, 6.07) is 11.8. The van der Waals surface area contributed by atoms with Gasteiger partial charge in [-0.3, -0.25) is 0 Å². The van der Waals surface area contributed by atoms with Crippen LogP contribution in [-0.2, 0) is 0 Å². The van der Waals surface area contributed by atoms with Gasteiger partial charge in [0.1, 0.15) is 0 Å². The number of rotatable bonds is 3. The highest BCUT2D eigenvalue weighted by Crippen LogP contribution is 2.66. The monoisotopic (exact) mass is 458 g/mol. The largest absolute Gasteiger partial charge is 0.0921 e. The first-order chi connectivity index (χ1) is 16.8. The van der Waals surface area contributed by atoms with Gasteiger partial charge in [-0.05, 0) is 58.4 Å². The van der Waals surface area contributed by atoms with E-state index in [0.29, 0.717) is 58.4 Å². The zero-order valence-corrected chi connectivity index (χ0v) is 20.9. The van der Waals surface area contributed by atoms with E-state index in [9.17, 15) is 0 Å². The Balaban J connectivity index is 1.44. The molecule has 0 aromatic heterocycles. The van der Waals surface area contributed by atoms with Gasteiger partial charge in [0.2, 0.25) is 0 Å². The molecule has 34 heavy (non-hydrogen) atoms. The second-order valence-corrected chi connectivity index (χ2v) is 15.9. The molecular formula is C33H34Si. The fourth-order valence-electron chi connectivity index (χ4n) is 9.06. The summed E-state index contributed by atoms with van der Waals surface area (Å²) in [6.07, 6.45) is 39.0. The maximum absolute atomic E-state index is 2.78. The zero-order chi connectivity index (χ0) is 22.7. The lowest BCUT2D eigenvalue weighted by Crippen LogP contribution is -2.58. The van der Waals surface area contributed by atoms with E-state index in [1.54, 1.807) is 5.19 Å². The van der Waals surface area contributed by atoms with Crippen molar-refractivity contribution in [2.45, 2.75) is 17.6 Å². The summed E-state index contributed by atoms with van der Waals surface area (Å²) < 4.78 is 0. The molecule has 0 saturated heterocycles. The van der Waals surface area contributed by atoms with E-state index in [0.717, 1.165) is 0 Å². The van der Waals surface area contributed by atoms with Crippen LogP contribution in [-0.4, -0.2) is 8.07 Å². The minimum Gasteiger partial charge on any atom is -0.0808 e. The Morgan fingerprint density at radius 1 is 0.412 bits per heavy atom. The van der Waals surface area contributed by atoms with Gasteiger partial charge in [0.05, 0.1) is 8.07 Å². The molecule has 6 aliphatic rings. The summed E-state index contributed by atoms with van der Waals surface area (Å²) in [4.78, 5) is 0. The van der Waals surface area contributed by atoms with Gasteiger partial charge in [0.15, 0.2) is 0 Å². The highest BCUT2D eigenvalue weighted by molar-refractivity contribution is 6.93. The van der Waals surface area contributed by atoms with Gasteiger partial charge < -0.3 is 0 Å². The topological polar surface area (TPSA) is 0 Å². The predicted molar refractivity (Wildman–Crippen MR) is 146 cm³/mol. The molecule has 0 aliphatic heterocycles. The van der Waals surface area contributed by atoms with Crippen molar-refractivity contribution in [1.82, 2.24) is 0 Å². The minimum atomic E-state index is -2.03. The molecule has 2 fully saturated rings. The Labute approximate surface area is 205 Å². The number of hydrogen-bond acceptors (Lipinski definition) is 0. The molecule has 0 bridgehead atoms. The number of fused-ring (bicyclic) bond motifs is 6. The Morgan fingerprint density at radius 2 is 0.706 bits per heavy atom. The number of hydrogen-bond donors (Lipinski definition) is 0. The molecule has 6 aliphatic carbocycles. The van der Waals surface area contributed by atoms with Gasteiger partial charge in [-0.15, -0.1) is 0 Å². The van der Waals surface area contributed by atoms with Crippen LogP contribution in [0.25, 0.3) is 0 Å². The fraction of sp³-hybridized carbons (Fsp3) is 0.333. The Kier molecular flexibility index (Phi) is 4.84. The lowest BCUT2D eigenvalue weighted by atomic mass is 9.83. The van der Waals surface area contributed by atoms with E-state index in [-0.39, 0.29) is 0 Å². The molecule has 2 saturated carbocycles. The van der Waals surface area contributed by atoms with Crippen molar-refractivity contribution >= 4 is 13.3 Å². The van der Waals surface area contributed by atoms with Crippen LogP contribution >= 0.6 is 0 Å². The van der Waals surface area contributed by atoms with Crippen LogP contribution in [0.4, 0.5) is 0 Å². The molecule has 0 radical (unpaired) electrons. The van der Waals surface area contributed by atoms with Crippen LogP contribution in [0, 0.1) is 47.3 Å². The molecule has 1 aromatic carbocycles. The molecule has 8 atom stereocenters. The van der Waals surface area contributed by atoms with Crippen LogP contribution in [0.2, 0.25) is 17.6 Å². The number of allylic oxidation sites excluding steroid dienone is 16. The van der Waals surface area contributed by atoms with Crippen LogP contribution in [0.5, 0.6) is 0 Å².